The van der Waals surface area contributed by atoms with Crippen molar-refractivity contribution in [1.82, 2.24) is 25.1 Å². The SMILES string of the molecule is CCn1c(=O)c(C(=O)NCCN2CCNC2=O)c(O)c2ncc(Cc3ccc(F)cc3)cc21. The Bertz CT molecular complexity index is 1270. The lowest BCUT2D eigenvalue weighted by molar-refractivity contribution is 0.0945. The van der Waals surface area contributed by atoms with Gasteiger partial charge in [0.05, 0.1) is 5.52 Å². The van der Waals surface area contributed by atoms with E-state index in [-0.39, 0.29) is 36.0 Å². The molecule has 1 saturated heterocycles. The lowest BCUT2D eigenvalue weighted by Gasteiger charge is -2.16. The lowest BCUT2D eigenvalue weighted by atomic mass is 10.1. The van der Waals surface area contributed by atoms with E-state index in [2.05, 4.69) is 15.6 Å². The predicted molar refractivity (Wildman–Crippen MR) is 120 cm³/mol. The minimum Gasteiger partial charge on any atom is -0.505 e. The van der Waals surface area contributed by atoms with E-state index >= 15 is 0 Å². The van der Waals surface area contributed by atoms with E-state index in [9.17, 15) is 23.9 Å². The fourth-order valence-electron chi connectivity index (χ4n) is 3.92. The number of aryl methyl sites for hydroxylation is 1. The molecule has 33 heavy (non-hydrogen) atoms. The molecule has 4 rings (SSSR count). The highest BCUT2D eigenvalue weighted by Crippen LogP contribution is 2.26. The summed E-state index contributed by atoms with van der Waals surface area (Å²) in [6.07, 6.45) is 2.03. The van der Waals surface area contributed by atoms with Gasteiger partial charge in [-0.2, -0.15) is 0 Å². The summed E-state index contributed by atoms with van der Waals surface area (Å²) in [5.41, 5.74) is 1.19. The number of aromatic nitrogens is 2. The van der Waals surface area contributed by atoms with E-state index in [0.717, 1.165) is 11.1 Å². The molecule has 0 spiro atoms. The average Bonchev–Trinajstić information content (AvgIpc) is 3.20. The topological polar surface area (TPSA) is 117 Å². The van der Waals surface area contributed by atoms with Crippen molar-refractivity contribution >= 4 is 23.0 Å². The summed E-state index contributed by atoms with van der Waals surface area (Å²) in [5, 5.41) is 16.0. The molecule has 9 nitrogen and oxygen atoms in total. The van der Waals surface area contributed by atoms with Crippen molar-refractivity contribution in [2.45, 2.75) is 19.9 Å². The molecule has 0 bridgehead atoms. The number of urea groups is 1. The van der Waals surface area contributed by atoms with E-state index in [4.69, 9.17) is 0 Å². The summed E-state index contributed by atoms with van der Waals surface area (Å²) in [4.78, 5) is 43.2. The Labute approximate surface area is 188 Å². The number of hydrogen-bond acceptors (Lipinski definition) is 5. The standard InChI is InChI=1S/C23H24FN5O4/c1-2-29-17-12-15(11-14-3-5-16(24)6-4-14)13-27-19(17)20(30)18(22(29)32)21(31)25-7-9-28-10-8-26-23(28)33/h3-6,12-13,30H,2,7-11H2,1H3,(H,25,31)(H,26,33). The third-order valence-electron chi connectivity index (χ3n) is 5.61. The Morgan fingerprint density at radius 3 is 2.67 bits per heavy atom. The van der Waals surface area contributed by atoms with E-state index < -0.39 is 17.2 Å². The lowest BCUT2D eigenvalue weighted by Crippen LogP contribution is -2.39. The first-order chi connectivity index (χ1) is 15.9. The fraction of sp³-hybridized carbons (Fsp3) is 0.304. The van der Waals surface area contributed by atoms with Crippen LogP contribution in [-0.4, -0.2) is 57.7 Å². The quantitative estimate of drug-likeness (QED) is 0.503. The van der Waals surface area contributed by atoms with Crippen LogP contribution in [0.1, 0.15) is 28.4 Å². The molecule has 1 aromatic carbocycles. The molecular formula is C23H24FN5O4. The molecule has 3 amide bonds. The van der Waals surface area contributed by atoms with Crippen LogP contribution in [0.4, 0.5) is 9.18 Å². The summed E-state index contributed by atoms with van der Waals surface area (Å²) in [6, 6.07) is 7.62. The highest BCUT2D eigenvalue weighted by molar-refractivity contribution is 6.01. The number of rotatable bonds is 7. The minimum atomic E-state index is -0.724. The number of benzene rings is 1. The van der Waals surface area contributed by atoms with Gasteiger partial charge >= 0.3 is 6.03 Å². The van der Waals surface area contributed by atoms with Crippen LogP contribution in [0.25, 0.3) is 11.0 Å². The van der Waals surface area contributed by atoms with Gasteiger partial charge in [-0.25, -0.2) is 9.18 Å². The second kappa shape index (κ2) is 9.27. The molecule has 1 fully saturated rings. The average molecular weight is 453 g/mol. The summed E-state index contributed by atoms with van der Waals surface area (Å²) < 4.78 is 14.6. The first-order valence-electron chi connectivity index (χ1n) is 10.7. The molecule has 1 aliphatic rings. The Balaban J connectivity index is 1.61. The van der Waals surface area contributed by atoms with Gasteiger partial charge in [0.25, 0.3) is 11.5 Å². The number of hydrogen-bond donors (Lipinski definition) is 3. The molecule has 3 N–H and O–H groups in total. The molecule has 1 aliphatic heterocycles. The Morgan fingerprint density at radius 1 is 1.24 bits per heavy atom. The number of aromatic hydroxyl groups is 1. The zero-order chi connectivity index (χ0) is 23.5. The maximum absolute atomic E-state index is 13.2. The summed E-state index contributed by atoms with van der Waals surface area (Å²) >= 11 is 0. The van der Waals surface area contributed by atoms with Crippen LogP contribution in [0.5, 0.6) is 5.75 Å². The number of halogens is 1. The maximum atomic E-state index is 13.2. The van der Waals surface area contributed by atoms with Crippen LogP contribution < -0.4 is 16.2 Å². The van der Waals surface area contributed by atoms with Gasteiger partial charge in [0, 0.05) is 38.9 Å². The van der Waals surface area contributed by atoms with Crippen molar-refractivity contribution in [3.8, 4) is 5.75 Å². The van der Waals surface area contributed by atoms with Gasteiger partial charge in [-0.1, -0.05) is 12.1 Å². The van der Waals surface area contributed by atoms with E-state index in [1.54, 1.807) is 36.2 Å². The zero-order valence-corrected chi connectivity index (χ0v) is 18.1. The van der Waals surface area contributed by atoms with Gasteiger partial charge in [-0.3, -0.25) is 14.6 Å². The van der Waals surface area contributed by atoms with Crippen LogP contribution in [0.15, 0.2) is 41.3 Å². The van der Waals surface area contributed by atoms with Gasteiger partial charge in [0.15, 0.2) is 5.75 Å². The van der Waals surface area contributed by atoms with Crippen molar-refractivity contribution in [2.24, 2.45) is 0 Å². The van der Waals surface area contributed by atoms with E-state index in [1.165, 1.54) is 16.7 Å². The van der Waals surface area contributed by atoms with E-state index in [1.807, 2.05) is 0 Å². The maximum Gasteiger partial charge on any atom is 0.317 e. The van der Waals surface area contributed by atoms with Crippen LogP contribution in [0.2, 0.25) is 0 Å². The number of carbonyl (C=O) groups excluding carboxylic acids is 2. The highest BCUT2D eigenvalue weighted by atomic mass is 19.1. The van der Waals surface area contributed by atoms with Crippen LogP contribution in [0, 0.1) is 5.82 Å². The first-order valence-corrected chi connectivity index (χ1v) is 10.7. The Kier molecular flexibility index (Phi) is 6.25. The van der Waals surface area contributed by atoms with Crippen LogP contribution in [-0.2, 0) is 13.0 Å². The Morgan fingerprint density at radius 2 is 2.00 bits per heavy atom. The summed E-state index contributed by atoms with van der Waals surface area (Å²) in [5.74, 6) is -1.53. The van der Waals surface area contributed by atoms with Crippen molar-refractivity contribution < 1.29 is 19.1 Å². The van der Waals surface area contributed by atoms with Crippen molar-refractivity contribution in [2.75, 3.05) is 26.2 Å². The van der Waals surface area contributed by atoms with Crippen molar-refractivity contribution in [3.05, 3.63) is 69.4 Å². The largest absolute Gasteiger partial charge is 0.505 e. The zero-order valence-electron chi connectivity index (χ0n) is 18.1. The second-order valence-electron chi connectivity index (χ2n) is 7.76. The monoisotopic (exact) mass is 453 g/mol. The third-order valence-corrected chi connectivity index (χ3v) is 5.61. The Hall–Kier alpha value is -3.95. The summed E-state index contributed by atoms with van der Waals surface area (Å²) in [6.45, 7) is 3.55. The molecular weight excluding hydrogens is 429 g/mol. The molecule has 3 aromatic rings. The third kappa shape index (κ3) is 4.50. The highest BCUT2D eigenvalue weighted by Gasteiger charge is 2.24. The fourth-order valence-corrected chi connectivity index (χ4v) is 3.92. The predicted octanol–water partition coefficient (Wildman–Crippen LogP) is 1.61. The van der Waals surface area contributed by atoms with Gasteiger partial charge in [-0.15, -0.1) is 0 Å². The smallest absolute Gasteiger partial charge is 0.317 e. The molecule has 2 aromatic heterocycles. The normalized spacial score (nSPS) is 13.4. The number of pyridine rings is 2. The number of amides is 3. The first kappa shape index (κ1) is 22.3. The molecule has 0 radical (unpaired) electrons. The molecule has 0 aliphatic carbocycles. The summed E-state index contributed by atoms with van der Waals surface area (Å²) in [7, 11) is 0. The van der Waals surface area contributed by atoms with Crippen molar-refractivity contribution in [1.29, 1.82) is 0 Å². The number of nitrogens with zero attached hydrogens (tertiary/aromatic N) is 3. The number of nitrogens with one attached hydrogen (secondary N) is 2. The molecule has 3 heterocycles. The molecule has 10 heteroatoms. The number of fused-ring (bicyclic) bond motifs is 1. The molecule has 0 atom stereocenters. The molecule has 172 valence electrons. The van der Waals surface area contributed by atoms with E-state index in [0.29, 0.717) is 31.6 Å². The van der Waals surface area contributed by atoms with Crippen LogP contribution in [0.3, 0.4) is 0 Å². The van der Waals surface area contributed by atoms with Gasteiger partial charge in [0.2, 0.25) is 0 Å². The number of carbonyl (C=O) groups is 2. The van der Waals surface area contributed by atoms with Gasteiger partial charge in [-0.05, 0) is 42.7 Å². The van der Waals surface area contributed by atoms with Crippen LogP contribution >= 0.6 is 0 Å². The minimum absolute atomic E-state index is 0.138. The second-order valence-corrected chi connectivity index (χ2v) is 7.76. The van der Waals surface area contributed by atoms with Gasteiger partial charge < -0.3 is 25.2 Å². The molecule has 0 saturated carbocycles. The van der Waals surface area contributed by atoms with Gasteiger partial charge in [0.1, 0.15) is 16.9 Å². The molecule has 0 unspecified atom stereocenters. The van der Waals surface area contributed by atoms with Crippen molar-refractivity contribution in [3.63, 3.8) is 0 Å².